The van der Waals surface area contributed by atoms with Crippen LogP contribution < -0.4 is 126 Å². The summed E-state index contributed by atoms with van der Waals surface area (Å²) in [5, 5.41) is 0. The van der Waals surface area contributed by atoms with E-state index in [4.69, 9.17) is 18.9 Å². The summed E-state index contributed by atoms with van der Waals surface area (Å²) in [7, 11) is -0.0897. The third kappa shape index (κ3) is 31.0. The number of halogens is 4. The summed E-state index contributed by atoms with van der Waals surface area (Å²) >= 11 is 0. The first kappa shape index (κ1) is 71.6. The molecule has 0 amide bonds. The third-order valence-corrected chi connectivity index (χ3v) is 17.3. The van der Waals surface area contributed by atoms with Gasteiger partial charge in [0, 0.05) is 92.4 Å². The monoisotopic (exact) mass is 1370 g/mol. The molecule has 0 spiro atoms. The standard InChI is InChI=1S/C26H42BP2.4C4H8O.2Ga.4HI.Li/c1-21(2)28(22(3)4)19-27(25-15-11-9-12-16-25,26-17-13-10-14-18-26)20-29(23(5)6)24(7)8;4*1-2-4-5-3-1;;;;;;;/h9-18,21-24H,19-20H2,1-8H3;4*1-4H2;;;4*1H;/q-1;;;;;;;;;;;+1/p-4. The van der Waals surface area contributed by atoms with Gasteiger partial charge in [-0.3, -0.25) is 0 Å². The van der Waals surface area contributed by atoms with Crippen LogP contribution in [0.4, 0.5) is 0 Å². The van der Waals surface area contributed by atoms with Gasteiger partial charge < -0.3 is 115 Å². The number of benzene rings is 2. The van der Waals surface area contributed by atoms with Gasteiger partial charge in [0.2, 0.25) is 0 Å². The molecule has 6 rings (SSSR count). The zero-order valence-corrected chi connectivity index (χ0v) is 51.8. The molecule has 318 valence electrons. The molecule has 0 N–H and O–H groups in total. The van der Waals surface area contributed by atoms with Crippen molar-refractivity contribution in [2.24, 2.45) is 0 Å². The average Bonchev–Trinajstić information content (AvgIpc) is 3.95. The maximum Gasteiger partial charge on any atom is 1.00 e. The molecule has 4 fully saturated rings. The molecule has 0 unspecified atom stereocenters. The Bertz CT molecular complexity index is 912. The fraction of sp³-hybridized carbons (Fsp3) is 0.714. The van der Waals surface area contributed by atoms with E-state index in [-0.39, 0.29) is 170 Å². The fourth-order valence-electron chi connectivity index (χ4n) is 7.11. The van der Waals surface area contributed by atoms with Crippen molar-refractivity contribution < 1.29 is 134 Å². The molecule has 14 heteroatoms. The van der Waals surface area contributed by atoms with E-state index in [1.807, 2.05) is 0 Å². The van der Waals surface area contributed by atoms with Gasteiger partial charge in [0.1, 0.15) is 0 Å². The van der Waals surface area contributed by atoms with Gasteiger partial charge in [-0.05, 0) is 74.0 Å². The molecule has 0 aliphatic carbocycles. The van der Waals surface area contributed by atoms with Crippen LogP contribution in [0.2, 0.25) is 0 Å². The summed E-state index contributed by atoms with van der Waals surface area (Å²) in [6.07, 6.45) is 9.44. The van der Waals surface area contributed by atoms with Crippen LogP contribution in [-0.4, -0.2) is 133 Å². The van der Waals surface area contributed by atoms with E-state index in [1.54, 1.807) is 10.9 Å². The second-order valence-corrected chi connectivity index (χ2v) is 22.0. The van der Waals surface area contributed by atoms with Gasteiger partial charge in [0.15, 0.2) is 0 Å². The van der Waals surface area contributed by atoms with Crippen molar-refractivity contribution in [3.8, 4) is 0 Å². The van der Waals surface area contributed by atoms with E-state index >= 15 is 0 Å². The largest absolute Gasteiger partial charge is 1.00 e. The Morgan fingerprint density at radius 1 is 0.411 bits per heavy atom. The van der Waals surface area contributed by atoms with E-state index in [0.29, 0.717) is 0 Å². The molecule has 0 bridgehead atoms. The van der Waals surface area contributed by atoms with Crippen molar-refractivity contribution in [3.63, 3.8) is 0 Å². The molecule has 4 aliphatic heterocycles. The minimum Gasteiger partial charge on any atom is -1.00 e. The van der Waals surface area contributed by atoms with Crippen LogP contribution in [0.25, 0.3) is 0 Å². The molecule has 56 heavy (non-hydrogen) atoms. The van der Waals surface area contributed by atoms with Crippen LogP contribution in [0.15, 0.2) is 60.7 Å². The normalized spacial score (nSPS) is 15.2. The Morgan fingerprint density at radius 3 is 0.750 bits per heavy atom. The topological polar surface area (TPSA) is 36.9 Å². The first-order chi connectivity index (χ1) is 23.7. The molecule has 0 saturated carbocycles. The summed E-state index contributed by atoms with van der Waals surface area (Å²) in [4.78, 5) is 0. The Morgan fingerprint density at radius 2 is 0.607 bits per heavy atom. The second-order valence-electron chi connectivity index (χ2n) is 15.1. The van der Waals surface area contributed by atoms with Crippen LogP contribution in [0, 0.1) is 0 Å². The molecule has 6 radical (unpaired) electrons. The van der Waals surface area contributed by atoms with E-state index in [9.17, 15) is 0 Å². The van der Waals surface area contributed by atoms with Crippen molar-refractivity contribution in [1.29, 1.82) is 0 Å². The Kier molecular flexibility index (Phi) is 58.3. The van der Waals surface area contributed by atoms with Crippen LogP contribution >= 0.6 is 15.8 Å². The molecule has 4 heterocycles. The molecule has 2 aromatic carbocycles. The van der Waals surface area contributed by atoms with Crippen molar-refractivity contribution in [2.45, 2.75) is 129 Å². The number of rotatable bonds is 10. The van der Waals surface area contributed by atoms with E-state index < -0.39 is 6.15 Å². The zero-order chi connectivity index (χ0) is 35.7. The van der Waals surface area contributed by atoms with Gasteiger partial charge >= 0.3 is 18.9 Å². The van der Waals surface area contributed by atoms with Crippen molar-refractivity contribution in [2.75, 3.05) is 65.0 Å². The summed E-state index contributed by atoms with van der Waals surface area (Å²) in [6.45, 7) is 27.6. The van der Waals surface area contributed by atoms with Gasteiger partial charge in [-0.15, -0.1) is 28.0 Å². The van der Waals surface area contributed by atoms with Crippen molar-refractivity contribution >= 4 is 72.5 Å². The fourth-order valence-corrected chi connectivity index (χ4v) is 13.9. The molecule has 4 saturated heterocycles. The summed E-state index contributed by atoms with van der Waals surface area (Å²) < 4.78 is 19.8. The minimum absolute atomic E-state index is 0. The Labute approximate surface area is 455 Å². The maximum absolute atomic E-state index is 4.94. The number of hydrogen-bond acceptors (Lipinski definition) is 4. The average molecular weight is 1370 g/mol. The second kappa shape index (κ2) is 45.6. The van der Waals surface area contributed by atoms with Crippen LogP contribution in [0.1, 0.15) is 107 Å². The maximum atomic E-state index is 4.94. The molecule has 4 nitrogen and oxygen atoms in total. The molecule has 0 aromatic heterocycles. The van der Waals surface area contributed by atoms with Crippen LogP contribution in [-0.2, 0) is 18.9 Å². The predicted molar refractivity (Wildman–Crippen MR) is 234 cm³/mol. The summed E-state index contributed by atoms with van der Waals surface area (Å²) in [5.41, 5.74) is 6.24. The van der Waals surface area contributed by atoms with E-state index in [1.165, 1.54) is 63.5 Å². The van der Waals surface area contributed by atoms with Gasteiger partial charge in [-0.25, -0.2) is 10.9 Å². The van der Waals surface area contributed by atoms with Gasteiger partial charge in [0.25, 0.3) is 0 Å². The van der Waals surface area contributed by atoms with E-state index in [2.05, 4.69) is 116 Å². The van der Waals surface area contributed by atoms with Crippen LogP contribution in [0.3, 0.4) is 0 Å². The van der Waals surface area contributed by atoms with Crippen LogP contribution in [0.5, 0.6) is 0 Å². The molecular weight excluding hydrogens is 1300 g/mol. The Hall–Kier alpha value is 4.00. The first-order valence-electron chi connectivity index (χ1n) is 19.8. The molecule has 4 aliphatic rings. The SMILES string of the molecule is C1CCOC1.C1CCOC1.C1CCOC1.C1CCOC1.CC(C)P(C[B-](CP(C(C)C)C(C)C)(c1ccccc1)c1ccccc1)C(C)C.[Ga].[Ga].[I-].[I-].[I-].[I-].[Li+]. The molecule has 2 aromatic rings. The number of hydrogen-bond donors (Lipinski definition) is 0. The van der Waals surface area contributed by atoms with E-state index in [0.717, 1.165) is 75.5 Å². The third-order valence-electron chi connectivity index (χ3n) is 9.88. The minimum atomic E-state index is -0.778. The predicted octanol–water partition coefficient (Wildman–Crippen LogP) is -5.63. The van der Waals surface area contributed by atoms with Crippen molar-refractivity contribution in [1.82, 2.24) is 0 Å². The molecular formula is C42H74BGa2I4LiO4P2-4. The zero-order valence-electron chi connectivity index (χ0n) is 36.6. The van der Waals surface area contributed by atoms with Gasteiger partial charge in [0.05, 0.1) is 6.15 Å². The van der Waals surface area contributed by atoms with Gasteiger partial charge in [-0.1, -0.05) is 116 Å². The number of ether oxygens (including phenoxy) is 4. The summed E-state index contributed by atoms with van der Waals surface area (Å²) in [6, 6.07) is 25.8. The quantitative estimate of drug-likeness (QED) is 0.136. The summed E-state index contributed by atoms with van der Waals surface area (Å²) in [5.74, 6) is 0. The Balaban J connectivity index is -0.000000188. The smallest absolute Gasteiger partial charge is 1.00 e. The van der Waals surface area contributed by atoms with Gasteiger partial charge in [-0.2, -0.15) is 0 Å². The molecule has 0 atom stereocenters. The van der Waals surface area contributed by atoms with Crippen molar-refractivity contribution in [3.05, 3.63) is 60.7 Å². The first-order valence-corrected chi connectivity index (χ1v) is 23.1.